The summed E-state index contributed by atoms with van der Waals surface area (Å²) in [6.45, 7) is 4.81. The molecule has 0 fully saturated rings. The van der Waals surface area contributed by atoms with Gasteiger partial charge in [-0.1, -0.05) is 0 Å². The summed E-state index contributed by atoms with van der Waals surface area (Å²) in [5.41, 5.74) is 0. The zero-order valence-corrected chi connectivity index (χ0v) is 11.7. The Bertz CT molecular complexity index is 187. The maximum Gasteiger partial charge on any atom is 0.126 e. The van der Waals surface area contributed by atoms with Gasteiger partial charge >= 0.3 is 0 Å². The number of hydrogen-bond donors (Lipinski definition) is 4. The minimum Gasteiger partial charge on any atom is -1.00 e. The first-order valence-corrected chi connectivity index (χ1v) is 6.07. The number of halogens is 1. The van der Waals surface area contributed by atoms with Crippen molar-refractivity contribution in [3.8, 4) is 0 Å². The van der Waals surface area contributed by atoms with Gasteiger partial charge in [0.15, 0.2) is 0 Å². The lowest BCUT2D eigenvalue weighted by Crippen LogP contribution is -3.00. The minimum absolute atomic E-state index is 0. The smallest absolute Gasteiger partial charge is 0.126 e. The van der Waals surface area contributed by atoms with Gasteiger partial charge in [-0.2, -0.15) is 0 Å². The van der Waals surface area contributed by atoms with Crippen molar-refractivity contribution >= 4 is 0 Å². The van der Waals surface area contributed by atoms with Gasteiger partial charge in [0, 0.05) is 0 Å². The Morgan fingerprint density at radius 1 is 1.06 bits per heavy atom. The average molecular weight is 288 g/mol. The van der Waals surface area contributed by atoms with Crippen molar-refractivity contribution in [2.45, 2.75) is 13.0 Å². The third-order valence-corrected chi connectivity index (χ3v) is 3.00. The van der Waals surface area contributed by atoms with Crippen molar-refractivity contribution in [1.29, 1.82) is 0 Å². The predicted octanol–water partition coefficient (Wildman–Crippen LogP) is -4.82. The third-order valence-electron chi connectivity index (χ3n) is 3.00. The molecular formula is C11H26ClNO5. The molecule has 4 N–H and O–H groups in total. The van der Waals surface area contributed by atoms with Crippen molar-refractivity contribution in [3.05, 3.63) is 0 Å². The molecule has 0 amide bonds. The van der Waals surface area contributed by atoms with E-state index in [0.717, 1.165) is 6.54 Å². The van der Waals surface area contributed by atoms with Crippen LogP contribution in [0.15, 0.2) is 0 Å². The number of aliphatic hydroxyl groups excluding tert-OH is 4. The van der Waals surface area contributed by atoms with E-state index < -0.39 is 6.10 Å². The summed E-state index contributed by atoms with van der Waals surface area (Å²) in [6.07, 6.45) is -0.778. The lowest BCUT2D eigenvalue weighted by Gasteiger charge is -2.38. The first-order chi connectivity index (χ1) is 8.14. The van der Waals surface area contributed by atoms with E-state index in [2.05, 4.69) is 0 Å². The van der Waals surface area contributed by atoms with Crippen LogP contribution in [0.2, 0.25) is 0 Å². The molecule has 0 aromatic heterocycles. The second-order valence-corrected chi connectivity index (χ2v) is 4.18. The molecule has 2 unspecified atom stereocenters. The van der Waals surface area contributed by atoms with Gasteiger partial charge in [-0.25, -0.2) is 0 Å². The Balaban J connectivity index is 0. The van der Waals surface area contributed by atoms with Crippen LogP contribution in [0.5, 0.6) is 0 Å². The third kappa shape index (κ3) is 8.20. The van der Waals surface area contributed by atoms with E-state index in [4.69, 9.17) is 20.1 Å². The molecule has 0 radical (unpaired) electrons. The highest BCUT2D eigenvalue weighted by molar-refractivity contribution is 4.54. The van der Waals surface area contributed by atoms with E-state index in [-0.39, 0.29) is 32.2 Å². The van der Waals surface area contributed by atoms with E-state index in [1.165, 1.54) is 0 Å². The van der Waals surface area contributed by atoms with Crippen LogP contribution >= 0.6 is 0 Å². The summed E-state index contributed by atoms with van der Waals surface area (Å²) in [7, 11) is 0. The summed E-state index contributed by atoms with van der Waals surface area (Å²) in [5.74, 6) is 0. The minimum atomic E-state index is -0.778. The van der Waals surface area contributed by atoms with Gasteiger partial charge in [-0.15, -0.1) is 0 Å². The monoisotopic (exact) mass is 287 g/mol. The quantitative estimate of drug-likeness (QED) is 0.226. The Morgan fingerprint density at radius 2 is 1.72 bits per heavy atom. The lowest BCUT2D eigenvalue weighted by molar-refractivity contribution is -0.929. The van der Waals surface area contributed by atoms with Gasteiger partial charge < -0.3 is 42.1 Å². The number of quaternary nitrogens is 1. The SMILES string of the molecule is CC[N+](CCO)(CCOCCO)CC(O)CO.[Cl-]. The molecule has 0 rings (SSSR count). The average Bonchev–Trinajstić information content (AvgIpc) is 2.34. The summed E-state index contributed by atoms with van der Waals surface area (Å²) < 4.78 is 5.71. The standard InChI is InChI=1S/C11H26NO5.ClH/c1-2-12(3-5-13,9-11(16)10-15)4-7-17-8-6-14;/h11,13-16H,2-10H2,1H3;1H/q+1;/p-1. The van der Waals surface area contributed by atoms with Crippen LogP contribution < -0.4 is 12.4 Å². The number of ether oxygens (including phenoxy) is 1. The molecule has 0 aromatic rings. The van der Waals surface area contributed by atoms with Crippen LogP contribution in [0.25, 0.3) is 0 Å². The van der Waals surface area contributed by atoms with Gasteiger partial charge in [-0.3, -0.25) is 0 Å². The van der Waals surface area contributed by atoms with Crippen LogP contribution in [0, 0.1) is 0 Å². The Labute approximate surface area is 115 Å². The normalized spacial score (nSPS) is 15.8. The Hall–Kier alpha value is 0.0500. The van der Waals surface area contributed by atoms with Gasteiger partial charge in [0.2, 0.25) is 0 Å². The fraction of sp³-hybridized carbons (Fsp3) is 1.00. The molecule has 0 aromatic carbocycles. The Morgan fingerprint density at radius 3 is 2.17 bits per heavy atom. The summed E-state index contributed by atoms with van der Waals surface area (Å²) in [4.78, 5) is 0. The number of rotatable bonds is 11. The zero-order valence-electron chi connectivity index (χ0n) is 11.0. The van der Waals surface area contributed by atoms with E-state index in [0.29, 0.717) is 37.3 Å². The number of hydrogen-bond acceptors (Lipinski definition) is 5. The van der Waals surface area contributed by atoms with Gasteiger partial charge in [0.25, 0.3) is 0 Å². The highest BCUT2D eigenvalue weighted by Crippen LogP contribution is 2.08. The second kappa shape index (κ2) is 12.1. The number of likely N-dealkylation sites (N-methyl/N-ethyl adjacent to an activating group) is 1. The largest absolute Gasteiger partial charge is 1.00 e. The summed E-state index contributed by atoms with van der Waals surface area (Å²) in [6, 6.07) is 0. The van der Waals surface area contributed by atoms with Crippen LogP contribution in [-0.4, -0.2) is 90.2 Å². The molecule has 7 heteroatoms. The second-order valence-electron chi connectivity index (χ2n) is 4.18. The van der Waals surface area contributed by atoms with Crippen LogP contribution in [-0.2, 0) is 4.74 Å². The van der Waals surface area contributed by atoms with Crippen molar-refractivity contribution in [2.24, 2.45) is 0 Å². The van der Waals surface area contributed by atoms with Crippen LogP contribution in [0.1, 0.15) is 6.92 Å². The lowest BCUT2D eigenvalue weighted by atomic mass is 10.2. The molecule has 0 bridgehead atoms. The molecular weight excluding hydrogens is 262 g/mol. The molecule has 0 saturated carbocycles. The van der Waals surface area contributed by atoms with E-state index in [1.807, 2.05) is 6.92 Å². The Kier molecular flexibility index (Phi) is 13.7. The number of nitrogens with zero attached hydrogens (tertiary/aromatic N) is 1. The first-order valence-electron chi connectivity index (χ1n) is 6.07. The summed E-state index contributed by atoms with van der Waals surface area (Å²) >= 11 is 0. The van der Waals surface area contributed by atoms with Gasteiger partial charge in [0.05, 0.1) is 39.6 Å². The zero-order chi connectivity index (χ0) is 13.1. The summed E-state index contributed by atoms with van der Waals surface area (Å²) in [5, 5.41) is 36.1. The van der Waals surface area contributed by atoms with E-state index in [9.17, 15) is 5.11 Å². The fourth-order valence-corrected chi connectivity index (χ4v) is 1.88. The molecule has 0 saturated heterocycles. The molecule has 18 heavy (non-hydrogen) atoms. The topological polar surface area (TPSA) is 90.2 Å². The molecule has 0 aliphatic carbocycles. The number of aliphatic hydroxyl groups is 4. The molecule has 2 atom stereocenters. The van der Waals surface area contributed by atoms with E-state index >= 15 is 0 Å². The van der Waals surface area contributed by atoms with Crippen LogP contribution in [0.4, 0.5) is 0 Å². The fourth-order valence-electron chi connectivity index (χ4n) is 1.88. The van der Waals surface area contributed by atoms with E-state index in [1.54, 1.807) is 0 Å². The molecule has 0 aliphatic rings. The van der Waals surface area contributed by atoms with Crippen molar-refractivity contribution in [2.75, 3.05) is 59.2 Å². The highest BCUT2D eigenvalue weighted by Gasteiger charge is 2.27. The van der Waals surface area contributed by atoms with Crippen LogP contribution in [0.3, 0.4) is 0 Å². The molecule has 0 heterocycles. The molecule has 112 valence electrons. The molecule has 6 nitrogen and oxygen atoms in total. The van der Waals surface area contributed by atoms with Gasteiger partial charge in [-0.05, 0) is 6.92 Å². The van der Waals surface area contributed by atoms with Crippen molar-refractivity contribution < 1.29 is 42.1 Å². The van der Waals surface area contributed by atoms with Gasteiger partial charge in [0.1, 0.15) is 25.7 Å². The molecule has 0 spiro atoms. The maximum atomic E-state index is 9.53. The van der Waals surface area contributed by atoms with Crippen molar-refractivity contribution in [3.63, 3.8) is 0 Å². The highest BCUT2D eigenvalue weighted by atomic mass is 35.5. The van der Waals surface area contributed by atoms with Crippen molar-refractivity contribution in [1.82, 2.24) is 0 Å². The predicted molar refractivity (Wildman–Crippen MR) is 63.5 cm³/mol. The first kappa shape index (κ1) is 20.4. The maximum absolute atomic E-state index is 9.53. The molecule has 0 aliphatic heterocycles.